The molecular weight excluding hydrogens is 434 g/mol. The third kappa shape index (κ3) is 6.49. The zero-order valence-corrected chi connectivity index (χ0v) is 21.8. The number of rotatable bonds is 12. The number of likely N-dealkylation sites (tertiary alicyclic amines) is 1. The highest BCUT2D eigenvalue weighted by atomic mass is 32.1. The first-order valence-corrected chi connectivity index (χ1v) is 12.8. The van der Waals surface area contributed by atoms with Crippen LogP contribution in [0.15, 0.2) is 22.9 Å². The number of methoxy groups -OCH3 is 1. The summed E-state index contributed by atoms with van der Waals surface area (Å²) in [7, 11) is 5.80. The lowest BCUT2D eigenvalue weighted by Crippen LogP contribution is -2.52. The molecule has 1 saturated heterocycles. The first-order chi connectivity index (χ1) is 15.8. The number of hydrogen-bond acceptors (Lipinski definition) is 6. The predicted octanol–water partition coefficient (Wildman–Crippen LogP) is 4.52. The molecule has 33 heavy (non-hydrogen) atoms. The fourth-order valence-electron chi connectivity index (χ4n) is 4.33. The summed E-state index contributed by atoms with van der Waals surface area (Å²) in [4.78, 5) is 17.1. The van der Waals surface area contributed by atoms with Gasteiger partial charge in [0.1, 0.15) is 11.5 Å². The first kappa shape index (κ1) is 25.5. The largest absolute Gasteiger partial charge is 0.495 e. The van der Waals surface area contributed by atoms with Crippen LogP contribution in [0.4, 0.5) is 0 Å². The Morgan fingerprint density at radius 3 is 2.64 bits per heavy atom. The van der Waals surface area contributed by atoms with E-state index in [4.69, 9.17) is 9.47 Å². The molecule has 182 valence electrons. The molecule has 2 aromatic rings. The molecule has 1 aliphatic rings. The van der Waals surface area contributed by atoms with Crippen molar-refractivity contribution in [1.82, 2.24) is 15.1 Å². The molecule has 1 aromatic heterocycles. The number of carbonyl (C=O) groups excluding carboxylic acids is 1. The zero-order chi connectivity index (χ0) is 24.0. The van der Waals surface area contributed by atoms with Crippen LogP contribution in [-0.2, 0) is 0 Å². The summed E-state index contributed by atoms with van der Waals surface area (Å²) in [5.41, 5.74) is 4.53. The molecule has 6 nitrogen and oxygen atoms in total. The van der Waals surface area contributed by atoms with Crippen LogP contribution in [0.1, 0.15) is 52.9 Å². The fraction of sp³-hybridized carbons (Fsp3) is 0.577. The number of benzene rings is 1. The van der Waals surface area contributed by atoms with Crippen LogP contribution in [0, 0.1) is 19.8 Å². The number of nitrogens with zero attached hydrogens (tertiary/aromatic N) is 2. The van der Waals surface area contributed by atoms with Crippen LogP contribution in [0.25, 0.3) is 0 Å². The second kappa shape index (κ2) is 11.9. The van der Waals surface area contributed by atoms with Gasteiger partial charge in [-0.1, -0.05) is 6.07 Å². The van der Waals surface area contributed by atoms with Crippen molar-refractivity contribution in [2.24, 2.45) is 5.92 Å². The third-order valence-corrected chi connectivity index (χ3v) is 7.38. The van der Waals surface area contributed by atoms with E-state index in [1.54, 1.807) is 7.11 Å². The van der Waals surface area contributed by atoms with Crippen molar-refractivity contribution in [1.29, 1.82) is 0 Å². The van der Waals surface area contributed by atoms with Gasteiger partial charge in [-0.3, -0.25) is 9.69 Å². The molecule has 2 heterocycles. The molecule has 0 aliphatic carbocycles. The number of amides is 1. The summed E-state index contributed by atoms with van der Waals surface area (Å²) >= 11 is 1.48. The van der Waals surface area contributed by atoms with Gasteiger partial charge in [-0.25, -0.2) is 0 Å². The normalized spacial score (nSPS) is 15.4. The van der Waals surface area contributed by atoms with Crippen LogP contribution in [0.5, 0.6) is 11.5 Å². The topological polar surface area (TPSA) is 54.0 Å². The number of thiophene rings is 1. The Kier molecular flexibility index (Phi) is 9.18. The number of ether oxygens (including phenoxy) is 2. The monoisotopic (exact) mass is 473 g/mol. The summed E-state index contributed by atoms with van der Waals surface area (Å²) in [5, 5.41) is 6.76. The Morgan fingerprint density at radius 1 is 1.18 bits per heavy atom. The van der Waals surface area contributed by atoms with Crippen LogP contribution >= 0.6 is 11.3 Å². The van der Waals surface area contributed by atoms with E-state index >= 15 is 0 Å². The third-order valence-electron chi connectivity index (χ3n) is 6.66. The lowest BCUT2D eigenvalue weighted by atomic mass is 9.91. The van der Waals surface area contributed by atoms with Gasteiger partial charge in [0.2, 0.25) is 0 Å². The van der Waals surface area contributed by atoms with Gasteiger partial charge < -0.3 is 19.7 Å². The second-order valence-corrected chi connectivity index (χ2v) is 10.1. The Balaban J connectivity index is 1.46. The highest BCUT2D eigenvalue weighted by Crippen LogP contribution is 2.34. The highest BCUT2D eigenvalue weighted by molar-refractivity contribution is 7.08. The van der Waals surface area contributed by atoms with Crippen LogP contribution in [0.3, 0.4) is 0 Å². The summed E-state index contributed by atoms with van der Waals surface area (Å²) < 4.78 is 11.3. The minimum Gasteiger partial charge on any atom is -0.495 e. The summed E-state index contributed by atoms with van der Waals surface area (Å²) in [6.45, 7) is 11.2. The summed E-state index contributed by atoms with van der Waals surface area (Å²) in [6, 6.07) is 4.70. The zero-order valence-electron chi connectivity index (χ0n) is 20.9. The minimum atomic E-state index is -0.0524. The van der Waals surface area contributed by atoms with Crippen LogP contribution < -0.4 is 14.8 Å². The van der Waals surface area contributed by atoms with Crippen LogP contribution in [-0.4, -0.2) is 69.7 Å². The van der Waals surface area contributed by atoms with E-state index in [2.05, 4.69) is 62.1 Å². The molecule has 1 fully saturated rings. The molecule has 1 N–H and O–H groups in total. The van der Waals surface area contributed by atoms with E-state index in [9.17, 15) is 4.79 Å². The van der Waals surface area contributed by atoms with Crippen molar-refractivity contribution >= 4 is 17.2 Å². The van der Waals surface area contributed by atoms with Crippen LogP contribution in [0.2, 0.25) is 0 Å². The van der Waals surface area contributed by atoms with Crippen molar-refractivity contribution in [3.8, 4) is 11.5 Å². The van der Waals surface area contributed by atoms with Crippen molar-refractivity contribution in [3.63, 3.8) is 0 Å². The van der Waals surface area contributed by atoms with E-state index in [1.165, 1.54) is 28.0 Å². The van der Waals surface area contributed by atoms with E-state index in [0.29, 0.717) is 29.8 Å². The molecule has 1 amide bonds. The predicted molar refractivity (Wildman–Crippen MR) is 136 cm³/mol. The lowest BCUT2D eigenvalue weighted by molar-refractivity contribution is 0.0569. The van der Waals surface area contributed by atoms with Gasteiger partial charge in [-0.15, -0.1) is 11.3 Å². The lowest BCUT2D eigenvalue weighted by Gasteiger charge is -2.44. The number of carbonyl (C=O) groups is 1. The molecule has 1 atom stereocenters. The molecule has 0 radical (unpaired) electrons. The van der Waals surface area contributed by atoms with Gasteiger partial charge in [0.25, 0.3) is 5.91 Å². The van der Waals surface area contributed by atoms with E-state index < -0.39 is 0 Å². The van der Waals surface area contributed by atoms with Crippen molar-refractivity contribution in [3.05, 3.63) is 45.1 Å². The second-order valence-electron chi connectivity index (χ2n) is 9.32. The minimum absolute atomic E-state index is 0.0524. The molecule has 1 aromatic carbocycles. The SMILES string of the molecule is COc1cscc1C(=O)NCC1CN(C(C)c2ccc(OCCCCN(C)C)c(C)c2C)C1. The Bertz CT molecular complexity index is 922. The molecule has 1 aliphatic heterocycles. The quantitative estimate of drug-likeness (QED) is 0.460. The van der Waals surface area contributed by atoms with Crippen molar-refractivity contribution < 1.29 is 14.3 Å². The molecule has 3 rings (SSSR count). The van der Waals surface area contributed by atoms with Gasteiger partial charge in [0.05, 0.1) is 19.3 Å². The molecule has 0 bridgehead atoms. The first-order valence-electron chi connectivity index (χ1n) is 11.8. The smallest absolute Gasteiger partial charge is 0.255 e. The van der Waals surface area contributed by atoms with E-state index in [-0.39, 0.29) is 5.91 Å². The molecule has 0 spiro atoms. The van der Waals surface area contributed by atoms with Gasteiger partial charge in [0, 0.05) is 42.4 Å². The summed E-state index contributed by atoms with van der Waals surface area (Å²) in [6.07, 6.45) is 2.22. The molecule has 1 unspecified atom stereocenters. The van der Waals surface area contributed by atoms with Gasteiger partial charge in [-0.2, -0.15) is 0 Å². The van der Waals surface area contributed by atoms with Gasteiger partial charge in [0.15, 0.2) is 0 Å². The van der Waals surface area contributed by atoms with E-state index in [0.717, 1.165) is 44.8 Å². The number of hydrogen-bond donors (Lipinski definition) is 1. The standard InChI is InChI=1S/C26H39N3O3S/c1-18-19(2)24(32-12-8-7-11-28(4)5)10-9-22(18)20(3)29-14-21(15-29)13-27-26(30)23-16-33-17-25(23)31-6/h9-10,16-17,20-21H,7-8,11-15H2,1-6H3,(H,27,30). The average Bonchev–Trinajstić information content (AvgIpc) is 3.23. The van der Waals surface area contributed by atoms with Gasteiger partial charge >= 0.3 is 0 Å². The van der Waals surface area contributed by atoms with Crippen molar-refractivity contribution in [2.45, 2.75) is 39.7 Å². The number of unbranched alkanes of at least 4 members (excludes halogenated alkanes) is 1. The van der Waals surface area contributed by atoms with Gasteiger partial charge in [-0.05, 0) is 77.0 Å². The Hall–Kier alpha value is -2.09. The fourth-order valence-corrected chi connectivity index (χ4v) is 5.11. The van der Waals surface area contributed by atoms with Crippen molar-refractivity contribution in [2.75, 3.05) is 54.0 Å². The Morgan fingerprint density at radius 2 is 1.94 bits per heavy atom. The number of nitrogens with one attached hydrogen (secondary N) is 1. The molecular formula is C26H39N3O3S. The van der Waals surface area contributed by atoms with E-state index in [1.807, 2.05) is 10.8 Å². The maximum absolute atomic E-state index is 12.4. The highest BCUT2D eigenvalue weighted by Gasteiger charge is 2.32. The maximum atomic E-state index is 12.4. The Labute approximate surface area is 202 Å². The summed E-state index contributed by atoms with van der Waals surface area (Å²) in [5.74, 6) is 2.07. The molecule has 7 heteroatoms. The molecule has 0 saturated carbocycles. The maximum Gasteiger partial charge on any atom is 0.255 e. The average molecular weight is 474 g/mol.